The molecule has 1 aromatic rings. The molecule has 112 valence electrons. The molecule has 0 aliphatic heterocycles. The van der Waals surface area contributed by atoms with E-state index in [1.165, 1.54) is 5.56 Å². The minimum atomic E-state index is -0.870. The minimum Gasteiger partial charge on any atom is -0.483 e. The molecule has 0 aliphatic carbocycles. The van der Waals surface area contributed by atoms with Gasteiger partial charge in [0, 0.05) is 6.54 Å². The van der Waals surface area contributed by atoms with Crippen LogP contribution in [0.5, 0.6) is 5.75 Å². The summed E-state index contributed by atoms with van der Waals surface area (Å²) in [5.41, 5.74) is 2.35. The molecule has 0 spiro atoms. The lowest BCUT2D eigenvalue weighted by Crippen LogP contribution is -2.41. The molecule has 1 atom stereocenters. The van der Waals surface area contributed by atoms with Gasteiger partial charge in [-0.05, 0) is 45.2 Å². The molecule has 0 aromatic heterocycles. The molecule has 20 heavy (non-hydrogen) atoms. The number of aliphatic hydroxyl groups is 1. The van der Waals surface area contributed by atoms with Gasteiger partial charge in [-0.25, -0.2) is 0 Å². The Balaban J connectivity index is 2.54. The predicted molar refractivity (Wildman–Crippen MR) is 80.1 cm³/mol. The summed E-state index contributed by atoms with van der Waals surface area (Å²) in [7, 11) is 0. The Labute approximate surface area is 121 Å². The Hall–Kier alpha value is -1.55. The van der Waals surface area contributed by atoms with Crippen LogP contribution in [0.25, 0.3) is 0 Å². The Morgan fingerprint density at radius 3 is 2.35 bits per heavy atom. The van der Waals surface area contributed by atoms with Crippen LogP contribution in [0.2, 0.25) is 0 Å². The minimum absolute atomic E-state index is 0.0372. The number of rotatable bonds is 6. The van der Waals surface area contributed by atoms with Gasteiger partial charge in [0.1, 0.15) is 5.75 Å². The molecular weight excluding hydrogens is 254 g/mol. The van der Waals surface area contributed by atoms with Crippen molar-refractivity contribution >= 4 is 5.91 Å². The number of amides is 1. The first-order valence-electron chi connectivity index (χ1n) is 6.95. The van der Waals surface area contributed by atoms with Crippen molar-refractivity contribution in [2.24, 2.45) is 0 Å². The van der Waals surface area contributed by atoms with E-state index < -0.39 is 5.60 Å². The van der Waals surface area contributed by atoms with E-state index in [2.05, 4.69) is 5.32 Å². The Morgan fingerprint density at radius 1 is 1.30 bits per heavy atom. The normalized spacial score (nSPS) is 13.7. The smallest absolute Gasteiger partial charge is 0.258 e. The zero-order valence-electron chi connectivity index (χ0n) is 13.0. The molecule has 0 fully saturated rings. The van der Waals surface area contributed by atoms with E-state index in [4.69, 9.17) is 4.74 Å². The van der Waals surface area contributed by atoms with Gasteiger partial charge in [0.05, 0.1) is 5.60 Å². The predicted octanol–water partition coefficient (Wildman–Crippen LogP) is 2.27. The van der Waals surface area contributed by atoms with E-state index in [0.29, 0.717) is 6.42 Å². The van der Waals surface area contributed by atoms with Gasteiger partial charge < -0.3 is 15.2 Å². The molecule has 0 bridgehead atoms. The highest BCUT2D eigenvalue weighted by atomic mass is 16.5. The fourth-order valence-corrected chi connectivity index (χ4v) is 2.00. The summed E-state index contributed by atoms with van der Waals surface area (Å²) < 4.78 is 5.59. The highest BCUT2D eigenvalue weighted by Crippen LogP contribution is 2.24. The molecule has 2 N–H and O–H groups in total. The molecule has 1 unspecified atom stereocenters. The molecule has 0 saturated carbocycles. The third-order valence-electron chi connectivity index (χ3n) is 3.38. The SMILES string of the molecule is CCC(C)(O)CNC(=O)COc1c(C)cc(C)cc1C. The number of hydrogen-bond donors (Lipinski definition) is 2. The van der Waals surface area contributed by atoms with Crippen molar-refractivity contribution in [2.75, 3.05) is 13.2 Å². The third kappa shape index (κ3) is 4.85. The average Bonchev–Trinajstić information content (AvgIpc) is 2.35. The summed E-state index contributed by atoms with van der Waals surface area (Å²) in [5.74, 6) is 0.533. The van der Waals surface area contributed by atoms with Crippen LogP contribution in [0, 0.1) is 20.8 Å². The largest absolute Gasteiger partial charge is 0.483 e. The standard InChI is InChI=1S/C16H25NO3/c1-6-16(5,19)10-17-14(18)9-20-15-12(3)7-11(2)8-13(15)4/h7-8,19H,6,9-10H2,1-5H3,(H,17,18). The average molecular weight is 279 g/mol. The molecule has 1 amide bonds. The maximum Gasteiger partial charge on any atom is 0.258 e. The summed E-state index contributed by atoms with van der Waals surface area (Å²) >= 11 is 0. The first kappa shape index (κ1) is 16.5. The Kier molecular flexibility index (Phi) is 5.57. The van der Waals surface area contributed by atoms with Gasteiger partial charge in [0.25, 0.3) is 5.91 Å². The zero-order valence-corrected chi connectivity index (χ0v) is 13.0. The third-order valence-corrected chi connectivity index (χ3v) is 3.38. The number of carbonyl (C=O) groups is 1. The summed E-state index contributed by atoms with van der Waals surface area (Å²) in [4.78, 5) is 11.7. The second kappa shape index (κ2) is 6.75. The van der Waals surface area contributed by atoms with E-state index in [1.54, 1.807) is 6.92 Å². The number of nitrogens with one attached hydrogen (secondary N) is 1. The van der Waals surface area contributed by atoms with Crippen molar-refractivity contribution in [1.29, 1.82) is 0 Å². The van der Waals surface area contributed by atoms with Gasteiger partial charge in [0.15, 0.2) is 6.61 Å². The van der Waals surface area contributed by atoms with Gasteiger partial charge in [-0.2, -0.15) is 0 Å². The van der Waals surface area contributed by atoms with Crippen LogP contribution in [0.1, 0.15) is 37.0 Å². The van der Waals surface area contributed by atoms with Gasteiger partial charge in [0.2, 0.25) is 0 Å². The fraction of sp³-hybridized carbons (Fsp3) is 0.562. The first-order valence-corrected chi connectivity index (χ1v) is 6.95. The van der Waals surface area contributed by atoms with Gasteiger partial charge >= 0.3 is 0 Å². The summed E-state index contributed by atoms with van der Waals surface area (Å²) in [6, 6.07) is 4.06. The van der Waals surface area contributed by atoms with Crippen LogP contribution in [-0.2, 0) is 4.79 Å². The lowest BCUT2D eigenvalue weighted by atomic mass is 10.0. The summed E-state index contributed by atoms with van der Waals surface area (Å²) in [6.45, 7) is 9.74. The van der Waals surface area contributed by atoms with Crippen LogP contribution in [0.15, 0.2) is 12.1 Å². The molecule has 1 aromatic carbocycles. The van der Waals surface area contributed by atoms with Crippen LogP contribution < -0.4 is 10.1 Å². The lowest BCUT2D eigenvalue weighted by molar-refractivity contribution is -0.124. The summed E-state index contributed by atoms with van der Waals surface area (Å²) in [5, 5.41) is 12.5. The monoisotopic (exact) mass is 279 g/mol. The highest BCUT2D eigenvalue weighted by Gasteiger charge is 2.18. The number of benzene rings is 1. The van der Waals surface area contributed by atoms with Crippen molar-refractivity contribution in [3.8, 4) is 5.75 Å². The molecular formula is C16H25NO3. The van der Waals surface area contributed by atoms with Crippen LogP contribution >= 0.6 is 0 Å². The van der Waals surface area contributed by atoms with Crippen molar-refractivity contribution in [3.05, 3.63) is 28.8 Å². The fourth-order valence-electron chi connectivity index (χ4n) is 2.00. The second-order valence-electron chi connectivity index (χ2n) is 5.64. The van der Waals surface area contributed by atoms with E-state index in [1.807, 2.05) is 39.8 Å². The molecule has 4 heteroatoms. The highest BCUT2D eigenvalue weighted by molar-refractivity contribution is 5.77. The first-order chi connectivity index (χ1) is 9.25. The topological polar surface area (TPSA) is 58.6 Å². The number of aryl methyl sites for hydroxylation is 3. The number of hydrogen-bond acceptors (Lipinski definition) is 3. The van der Waals surface area contributed by atoms with E-state index in [-0.39, 0.29) is 19.1 Å². The van der Waals surface area contributed by atoms with Crippen LogP contribution in [0.3, 0.4) is 0 Å². The molecule has 0 heterocycles. The number of ether oxygens (including phenoxy) is 1. The van der Waals surface area contributed by atoms with Gasteiger partial charge in [-0.15, -0.1) is 0 Å². The molecule has 0 saturated heterocycles. The van der Waals surface area contributed by atoms with Crippen molar-refractivity contribution in [2.45, 2.75) is 46.6 Å². The van der Waals surface area contributed by atoms with Gasteiger partial charge in [-0.3, -0.25) is 4.79 Å². The van der Waals surface area contributed by atoms with Crippen molar-refractivity contribution < 1.29 is 14.6 Å². The zero-order chi connectivity index (χ0) is 15.3. The van der Waals surface area contributed by atoms with Gasteiger partial charge in [-0.1, -0.05) is 24.6 Å². The van der Waals surface area contributed by atoms with Crippen molar-refractivity contribution in [3.63, 3.8) is 0 Å². The van der Waals surface area contributed by atoms with E-state index in [0.717, 1.165) is 16.9 Å². The summed E-state index contributed by atoms with van der Waals surface area (Å²) in [6.07, 6.45) is 0.588. The Morgan fingerprint density at radius 2 is 1.85 bits per heavy atom. The lowest BCUT2D eigenvalue weighted by Gasteiger charge is -2.21. The molecule has 4 nitrogen and oxygen atoms in total. The Bertz CT molecular complexity index is 458. The van der Waals surface area contributed by atoms with Crippen molar-refractivity contribution in [1.82, 2.24) is 5.32 Å². The van der Waals surface area contributed by atoms with E-state index >= 15 is 0 Å². The molecule has 1 rings (SSSR count). The second-order valence-corrected chi connectivity index (χ2v) is 5.64. The molecule has 0 radical (unpaired) electrons. The van der Waals surface area contributed by atoms with E-state index in [9.17, 15) is 9.90 Å². The number of carbonyl (C=O) groups excluding carboxylic acids is 1. The maximum absolute atomic E-state index is 11.7. The molecule has 0 aliphatic rings. The van der Waals surface area contributed by atoms with Crippen LogP contribution in [-0.4, -0.2) is 29.8 Å². The quantitative estimate of drug-likeness (QED) is 0.840. The van der Waals surface area contributed by atoms with Crippen LogP contribution in [0.4, 0.5) is 0 Å². The maximum atomic E-state index is 11.7.